The lowest BCUT2D eigenvalue weighted by Gasteiger charge is -2.29. The maximum Gasteiger partial charge on any atom is 0.240 e. The van der Waals surface area contributed by atoms with Crippen molar-refractivity contribution >= 4 is 21.8 Å². The number of halogens is 1. The highest BCUT2D eigenvalue weighted by Gasteiger charge is 2.40. The van der Waals surface area contributed by atoms with Crippen LogP contribution >= 0.6 is 0 Å². The van der Waals surface area contributed by atoms with E-state index in [1.165, 1.54) is 6.07 Å². The number of ether oxygens (including phenoxy) is 1. The Balaban J connectivity index is 1.39. The van der Waals surface area contributed by atoms with Crippen LogP contribution in [-0.2, 0) is 19.6 Å². The molecule has 1 saturated heterocycles. The van der Waals surface area contributed by atoms with Gasteiger partial charge in [-0.05, 0) is 92.3 Å². The summed E-state index contributed by atoms with van der Waals surface area (Å²) in [5, 5.41) is 3.25. The van der Waals surface area contributed by atoms with Gasteiger partial charge in [-0.1, -0.05) is 38.5 Å². The van der Waals surface area contributed by atoms with Gasteiger partial charge in [-0.15, -0.1) is 0 Å². The van der Waals surface area contributed by atoms with E-state index in [2.05, 4.69) is 28.8 Å². The van der Waals surface area contributed by atoms with Crippen molar-refractivity contribution in [3.63, 3.8) is 0 Å². The largest absolute Gasteiger partial charge is 0.490 e. The molecule has 0 bridgehead atoms. The Bertz CT molecular complexity index is 1490. The van der Waals surface area contributed by atoms with Gasteiger partial charge in [-0.2, -0.15) is 0 Å². The van der Waals surface area contributed by atoms with E-state index in [-0.39, 0.29) is 41.2 Å². The summed E-state index contributed by atoms with van der Waals surface area (Å²) in [4.78, 5) is 28.0. The number of nitrogens with zero attached hydrogens (tertiary/aromatic N) is 1. The molecule has 0 aromatic heterocycles. The third kappa shape index (κ3) is 7.23. The second-order valence-electron chi connectivity index (χ2n) is 13.6. The zero-order chi connectivity index (χ0) is 31.1. The van der Waals surface area contributed by atoms with Gasteiger partial charge in [0, 0.05) is 24.6 Å². The van der Waals surface area contributed by atoms with Crippen molar-refractivity contribution in [3.8, 4) is 16.9 Å². The molecule has 5 rings (SSSR count). The van der Waals surface area contributed by atoms with Gasteiger partial charge in [0.2, 0.25) is 21.8 Å². The van der Waals surface area contributed by atoms with Crippen LogP contribution in [0.4, 0.5) is 4.39 Å². The highest BCUT2D eigenvalue weighted by molar-refractivity contribution is 7.89. The van der Waals surface area contributed by atoms with Crippen molar-refractivity contribution in [2.24, 2.45) is 5.41 Å². The minimum atomic E-state index is -3.72. The molecule has 2 N–H and O–H groups in total. The van der Waals surface area contributed by atoms with Crippen LogP contribution in [-0.4, -0.2) is 63.2 Å². The molecule has 0 radical (unpaired) electrons. The van der Waals surface area contributed by atoms with Gasteiger partial charge >= 0.3 is 0 Å². The Hall–Kier alpha value is -2.98. The number of hydrogen-bond donors (Lipinski definition) is 2. The van der Waals surface area contributed by atoms with Crippen molar-refractivity contribution in [1.29, 1.82) is 0 Å². The number of likely N-dealkylation sites (tertiary alicyclic amines) is 1. The monoisotopic (exact) mass is 613 g/mol. The van der Waals surface area contributed by atoms with Gasteiger partial charge < -0.3 is 10.1 Å². The van der Waals surface area contributed by atoms with Crippen molar-refractivity contribution in [2.45, 2.75) is 95.7 Å². The molecule has 2 aliphatic carbocycles. The van der Waals surface area contributed by atoms with Crippen LogP contribution in [0.25, 0.3) is 11.1 Å². The van der Waals surface area contributed by atoms with E-state index in [4.69, 9.17) is 4.74 Å². The molecule has 10 heteroatoms. The Morgan fingerprint density at radius 2 is 1.84 bits per heavy atom. The first-order valence-electron chi connectivity index (χ1n) is 15.3. The fourth-order valence-electron chi connectivity index (χ4n) is 6.91. The first kappa shape index (κ1) is 31.4. The van der Waals surface area contributed by atoms with Crippen LogP contribution in [0.2, 0.25) is 0 Å². The van der Waals surface area contributed by atoms with Crippen LogP contribution in [0.1, 0.15) is 88.7 Å². The molecule has 0 unspecified atom stereocenters. The Morgan fingerprint density at radius 1 is 1.09 bits per heavy atom. The molecule has 0 spiro atoms. The highest BCUT2D eigenvalue weighted by Crippen LogP contribution is 2.45. The molecular weight excluding hydrogens is 569 g/mol. The second kappa shape index (κ2) is 12.2. The maximum atomic E-state index is 15.3. The number of benzene rings is 2. The smallest absolute Gasteiger partial charge is 0.240 e. The zero-order valence-electron chi connectivity index (χ0n) is 25.8. The summed E-state index contributed by atoms with van der Waals surface area (Å²) in [7, 11) is -1.72. The molecule has 2 amide bonds. The van der Waals surface area contributed by atoms with Gasteiger partial charge in [-0.25, -0.2) is 12.8 Å². The van der Waals surface area contributed by atoms with Crippen molar-refractivity contribution in [1.82, 2.24) is 14.9 Å². The van der Waals surface area contributed by atoms with Gasteiger partial charge in [0.25, 0.3) is 0 Å². The normalized spacial score (nSPS) is 24.7. The van der Waals surface area contributed by atoms with Crippen LogP contribution in [0.5, 0.6) is 5.75 Å². The molecule has 1 aliphatic heterocycles. The summed E-state index contributed by atoms with van der Waals surface area (Å²) in [6.07, 6.45) is 6.75. The van der Waals surface area contributed by atoms with Crippen LogP contribution in [0.3, 0.4) is 0 Å². The molecule has 2 aromatic rings. The van der Waals surface area contributed by atoms with Crippen LogP contribution < -0.4 is 14.8 Å². The van der Waals surface area contributed by atoms with Crippen molar-refractivity contribution in [2.75, 3.05) is 19.8 Å². The second-order valence-corrected chi connectivity index (χ2v) is 15.4. The molecule has 1 heterocycles. The summed E-state index contributed by atoms with van der Waals surface area (Å²) < 4.78 is 47.3. The predicted octanol–water partition coefficient (Wildman–Crippen LogP) is 5.09. The number of carbonyl (C=O) groups is 2. The zero-order valence-corrected chi connectivity index (χ0v) is 26.6. The van der Waals surface area contributed by atoms with Crippen molar-refractivity contribution < 1.29 is 27.1 Å². The van der Waals surface area contributed by atoms with E-state index < -0.39 is 21.8 Å². The molecule has 2 aromatic carbocycles. The summed E-state index contributed by atoms with van der Waals surface area (Å²) in [5.74, 6) is -0.886. The number of carbonyl (C=O) groups excluding carboxylic acids is 2. The summed E-state index contributed by atoms with van der Waals surface area (Å²) in [5.41, 5.74) is 2.78. The van der Waals surface area contributed by atoms with E-state index in [1.54, 1.807) is 25.1 Å². The number of nitrogens with one attached hydrogen (secondary N) is 2. The van der Waals surface area contributed by atoms with E-state index in [9.17, 15) is 18.0 Å². The molecule has 3 aliphatic rings. The molecule has 2 saturated carbocycles. The quantitative estimate of drug-likeness (QED) is 0.409. The molecule has 8 nitrogen and oxygen atoms in total. The number of amides is 2. The van der Waals surface area contributed by atoms with Crippen LogP contribution in [0, 0.1) is 11.2 Å². The van der Waals surface area contributed by atoms with E-state index >= 15 is 4.39 Å². The minimum Gasteiger partial charge on any atom is -0.490 e. The Labute approximate surface area is 254 Å². The molecule has 234 valence electrons. The number of rotatable bonds is 9. The molecule has 4 atom stereocenters. The van der Waals surface area contributed by atoms with E-state index in [1.807, 2.05) is 19.2 Å². The van der Waals surface area contributed by atoms with E-state index in [0.29, 0.717) is 28.9 Å². The lowest BCUT2D eigenvalue weighted by atomic mass is 9.76. The standard InChI is InChI=1S/C33H44FN3O5S/c1-20(31(38)36-43(5,40)41)22-12-15-29(26(16-22)25-10-7-11-27(34)30(25)21-8-6-9-21)42-24-14-13-23(17-24)35-32(39)28-18-33(2,3)19-37(28)4/h7,10-12,15-16,20-21,23-24,28H,6,8-9,13-14,17-19H2,1-5H3,(H,35,39)(H,36,38)/t20-,23+,24+,28-/m0/s1. The minimum absolute atomic E-state index is 0.0109. The number of likely N-dealkylation sites (N-methyl/N-ethyl adjacent to an activating group) is 1. The summed E-state index contributed by atoms with van der Waals surface area (Å²) in [6, 6.07) is 10.3. The fourth-order valence-corrected chi connectivity index (χ4v) is 7.46. The van der Waals surface area contributed by atoms with Crippen LogP contribution in [0.15, 0.2) is 36.4 Å². The first-order valence-corrected chi connectivity index (χ1v) is 17.2. The molecular formula is C33H44FN3O5S. The first-order chi connectivity index (χ1) is 20.2. The highest BCUT2D eigenvalue weighted by atomic mass is 32.2. The fraction of sp³-hybridized carbons (Fsp3) is 0.576. The average molecular weight is 614 g/mol. The Morgan fingerprint density at radius 3 is 2.47 bits per heavy atom. The Kier molecular flexibility index (Phi) is 8.91. The average Bonchev–Trinajstić information content (AvgIpc) is 3.44. The lowest BCUT2D eigenvalue weighted by molar-refractivity contribution is -0.125. The summed E-state index contributed by atoms with van der Waals surface area (Å²) in [6.45, 7) is 6.91. The molecule has 3 fully saturated rings. The SMILES string of the molecule is C[C@H](C(=O)NS(C)(=O)=O)c1ccc(O[C@@H]2CC[C@@H](NC(=O)[C@@H]3CC(C)(C)CN3C)C2)c(-c2cccc(F)c2C2CCC2)c1. The van der Waals surface area contributed by atoms with E-state index in [0.717, 1.165) is 56.9 Å². The maximum absolute atomic E-state index is 15.3. The molecule has 43 heavy (non-hydrogen) atoms. The predicted molar refractivity (Wildman–Crippen MR) is 165 cm³/mol. The third-order valence-electron chi connectivity index (χ3n) is 9.32. The van der Waals surface area contributed by atoms with Gasteiger partial charge in [0.1, 0.15) is 17.7 Å². The topological polar surface area (TPSA) is 105 Å². The number of sulfonamides is 1. The van der Waals surface area contributed by atoms with Gasteiger partial charge in [0.15, 0.2) is 0 Å². The third-order valence-corrected chi connectivity index (χ3v) is 9.89. The van der Waals surface area contributed by atoms with Gasteiger partial charge in [-0.3, -0.25) is 19.2 Å². The van der Waals surface area contributed by atoms with Crippen molar-refractivity contribution in [3.05, 3.63) is 53.3 Å². The summed E-state index contributed by atoms with van der Waals surface area (Å²) >= 11 is 0. The number of hydrogen-bond acceptors (Lipinski definition) is 6. The lowest BCUT2D eigenvalue weighted by Crippen LogP contribution is -2.45. The van der Waals surface area contributed by atoms with Gasteiger partial charge in [0.05, 0.1) is 18.2 Å².